The number of aromatic carboxylic acids is 1. The number of methoxy groups -OCH3 is 2. The zero-order valence-corrected chi connectivity index (χ0v) is 27.0. The number of nitrogens with zero attached hydrogens (tertiary/aromatic N) is 3. The lowest BCUT2D eigenvalue weighted by Gasteiger charge is -2.27. The third-order valence-corrected chi connectivity index (χ3v) is 8.91. The third kappa shape index (κ3) is 6.26. The second-order valence-electron chi connectivity index (χ2n) is 11.9. The molecule has 1 atom stereocenters. The number of carbonyl (C=O) groups is 1. The van der Waals surface area contributed by atoms with Gasteiger partial charge in [0.2, 0.25) is 5.88 Å². The SMILES string of the molecule is COc1cc(C(F)(F)F)ccc1COc1cccc(-c2cc(F)c(Cc3nc4c(OC)cc(C(=O)O)cc4n3C[C@@H]3CCO3)c3c2OCC3)n1. The number of benzene rings is 3. The van der Waals surface area contributed by atoms with Crippen LogP contribution in [0.5, 0.6) is 23.1 Å². The van der Waals surface area contributed by atoms with Gasteiger partial charge in [-0.05, 0) is 42.8 Å². The van der Waals surface area contributed by atoms with Crippen LogP contribution < -0.4 is 18.9 Å². The first kappa shape index (κ1) is 33.1. The van der Waals surface area contributed by atoms with E-state index in [9.17, 15) is 23.1 Å². The lowest BCUT2D eigenvalue weighted by atomic mass is 9.96. The van der Waals surface area contributed by atoms with Crippen LogP contribution in [0.1, 0.15) is 44.9 Å². The monoisotopic (exact) mass is 693 g/mol. The molecule has 10 nitrogen and oxygen atoms in total. The summed E-state index contributed by atoms with van der Waals surface area (Å²) in [5, 5.41) is 9.73. The molecule has 260 valence electrons. The van der Waals surface area contributed by atoms with Crippen molar-refractivity contribution >= 4 is 17.0 Å². The van der Waals surface area contributed by atoms with E-state index < -0.39 is 23.5 Å². The minimum absolute atomic E-state index is 0.0226. The van der Waals surface area contributed by atoms with Crippen LogP contribution in [0, 0.1) is 5.82 Å². The summed E-state index contributed by atoms with van der Waals surface area (Å²) in [7, 11) is 2.72. The summed E-state index contributed by atoms with van der Waals surface area (Å²) >= 11 is 0. The molecule has 0 saturated carbocycles. The highest BCUT2D eigenvalue weighted by Gasteiger charge is 2.32. The summed E-state index contributed by atoms with van der Waals surface area (Å²) in [6.07, 6.45) is -3.24. The van der Waals surface area contributed by atoms with Crippen molar-refractivity contribution in [2.75, 3.05) is 27.4 Å². The number of carboxylic acid groups (broad SMARTS) is 1. The Kier molecular flexibility index (Phi) is 8.72. The molecule has 0 amide bonds. The van der Waals surface area contributed by atoms with Gasteiger partial charge < -0.3 is 33.4 Å². The van der Waals surface area contributed by atoms with E-state index in [1.54, 1.807) is 18.2 Å². The molecule has 3 aromatic carbocycles. The molecule has 7 rings (SSSR count). The van der Waals surface area contributed by atoms with Gasteiger partial charge >= 0.3 is 12.1 Å². The van der Waals surface area contributed by atoms with E-state index in [0.29, 0.717) is 82.5 Å². The Morgan fingerprint density at radius 1 is 1.04 bits per heavy atom. The van der Waals surface area contributed by atoms with E-state index in [-0.39, 0.29) is 36.3 Å². The van der Waals surface area contributed by atoms with Crippen LogP contribution in [-0.4, -0.2) is 59.1 Å². The number of fused-ring (bicyclic) bond motifs is 2. The summed E-state index contributed by atoms with van der Waals surface area (Å²) in [6.45, 7) is 1.24. The number of imidazole rings is 1. The maximum absolute atomic E-state index is 16.2. The molecule has 0 unspecified atom stereocenters. The van der Waals surface area contributed by atoms with Crippen LogP contribution in [0.4, 0.5) is 17.6 Å². The maximum Gasteiger partial charge on any atom is 0.416 e. The van der Waals surface area contributed by atoms with Gasteiger partial charge in [0.1, 0.15) is 41.0 Å². The molecule has 0 aliphatic carbocycles. The smallest absolute Gasteiger partial charge is 0.416 e. The summed E-state index contributed by atoms with van der Waals surface area (Å²) in [4.78, 5) is 21.3. The predicted molar refractivity (Wildman–Crippen MR) is 172 cm³/mol. The number of halogens is 4. The number of hydrogen-bond acceptors (Lipinski definition) is 8. The van der Waals surface area contributed by atoms with Gasteiger partial charge in [0, 0.05) is 47.8 Å². The maximum atomic E-state index is 16.2. The Morgan fingerprint density at radius 3 is 2.54 bits per heavy atom. The summed E-state index contributed by atoms with van der Waals surface area (Å²) < 4.78 is 85.8. The van der Waals surface area contributed by atoms with Gasteiger partial charge in [-0.15, -0.1) is 0 Å². The second-order valence-corrected chi connectivity index (χ2v) is 11.9. The van der Waals surface area contributed by atoms with Gasteiger partial charge in [-0.2, -0.15) is 13.2 Å². The van der Waals surface area contributed by atoms with Gasteiger partial charge in [-0.3, -0.25) is 0 Å². The minimum Gasteiger partial charge on any atom is -0.496 e. The lowest BCUT2D eigenvalue weighted by molar-refractivity contribution is -0.137. The fourth-order valence-corrected chi connectivity index (χ4v) is 6.27. The molecule has 1 N–H and O–H groups in total. The Hall–Kier alpha value is -5.37. The van der Waals surface area contributed by atoms with Gasteiger partial charge in [0.05, 0.1) is 55.8 Å². The van der Waals surface area contributed by atoms with Gasteiger partial charge in [0.25, 0.3) is 0 Å². The minimum atomic E-state index is -4.52. The fraction of sp³-hybridized carbons (Fsp3) is 0.306. The summed E-state index contributed by atoms with van der Waals surface area (Å²) in [5.41, 5.74) is 2.46. The van der Waals surface area contributed by atoms with Gasteiger partial charge in [-0.1, -0.05) is 12.1 Å². The molecule has 2 aliphatic rings. The molecule has 0 spiro atoms. The molecule has 1 saturated heterocycles. The lowest BCUT2D eigenvalue weighted by Crippen LogP contribution is -2.31. The van der Waals surface area contributed by atoms with Crippen LogP contribution in [0.3, 0.4) is 0 Å². The molecule has 2 aromatic heterocycles. The van der Waals surface area contributed by atoms with E-state index in [4.69, 9.17) is 28.7 Å². The van der Waals surface area contributed by atoms with Crippen molar-refractivity contribution in [1.82, 2.24) is 14.5 Å². The van der Waals surface area contributed by atoms with E-state index in [2.05, 4.69) is 4.98 Å². The fourth-order valence-electron chi connectivity index (χ4n) is 6.27. The van der Waals surface area contributed by atoms with E-state index in [0.717, 1.165) is 18.6 Å². The normalized spacial score (nSPS) is 15.4. The van der Waals surface area contributed by atoms with E-state index in [1.165, 1.54) is 38.5 Å². The zero-order chi connectivity index (χ0) is 35.2. The Balaban J connectivity index is 1.21. The van der Waals surface area contributed by atoms with Gasteiger partial charge in [0.15, 0.2) is 0 Å². The van der Waals surface area contributed by atoms with Crippen molar-refractivity contribution < 1.29 is 51.1 Å². The van der Waals surface area contributed by atoms with Crippen LogP contribution >= 0.6 is 0 Å². The predicted octanol–water partition coefficient (Wildman–Crippen LogP) is 6.87. The van der Waals surface area contributed by atoms with Crippen LogP contribution in [-0.2, 0) is 36.9 Å². The van der Waals surface area contributed by atoms with Crippen molar-refractivity contribution in [1.29, 1.82) is 0 Å². The molecule has 5 aromatic rings. The quantitative estimate of drug-likeness (QED) is 0.148. The topological polar surface area (TPSA) is 114 Å². The average molecular weight is 694 g/mol. The van der Waals surface area contributed by atoms with Crippen molar-refractivity contribution in [3.8, 4) is 34.4 Å². The Labute approximate surface area is 283 Å². The van der Waals surface area contributed by atoms with E-state index in [1.807, 2.05) is 4.57 Å². The van der Waals surface area contributed by atoms with Crippen LogP contribution in [0.15, 0.2) is 54.6 Å². The third-order valence-electron chi connectivity index (χ3n) is 8.91. The molecular formula is C36H31F4N3O7. The average Bonchev–Trinajstić information content (AvgIpc) is 3.70. The summed E-state index contributed by atoms with van der Waals surface area (Å²) in [5.74, 6) is -0.127. The van der Waals surface area contributed by atoms with Crippen molar-refractivity contribution in [3.05, 3.63) is 94.1 Å². The number of rotatable bonds is 11. The number of pyridine rings is 1. The number of aromatic nitrogens is 3. The first-order chi connectivity index (χ1) is 24.0. The molecule has 0 radical (unpaired) electrons. The molecule has 2 aliphatic heterocycles. The highest BCUT2D eigenvalue weighted by molar-refractivity contribution is 5.95. The van der Waals surface area contributed by atoms with E-state index >= 15 is 4.39 Å². The largest absolute Gasteiger partial charge is 0.496 e. The number of ether oxygens (including phenoxy) is 5. The summed E-state index contributed by atoms with van der Waals surface area (Å²) in [6, 6.07) is 12.4. The standard InChI is InChI=1S/C36H31F4N3O7/c1-46-29-14-21(36(38,39)40)7-6-19(29)18-50-32-5-3-4-27(41-32)25-15-26(37)24(23-9-11-49-34(23)25)16-31-42-33-28(43(31)17-22-8-10-48-22)12-20(35(44)45)13-30(33)47-2/h3-7,12-15,22H,8-11,16-18H2,1-2H3,(H,44,45)/t22-/m0/s1. The molecule has 50 heavy (non-hydrogen) atoms. The van der Waals surface area contributed by atoms with Crippen molar-refractivity contribution in [3.63, 3.8) is 0 Å². The highest BCUT2D eigenvalue weighted by atomic mass is 19.4. The van der Waals surface area contributed by atoms with Crippen molar-refractivity contribution in [2.45, 2.75) is 44.7 Å². The van der Waals surface area contributed by atoms with Gasteiger partial charge in [-0.25, -0.2) is 19.2 Å². The highest BCUT2D eigenvalue weighted by Crippen LogP contribution is 2.42. The van der Waals surface area contributed by atoms with Crippen molar-refractivity contribution in [2.24, 2.45) is 0 Å². The Bertz CT molecular complexity index is 2110. The molecule has 0 bridgehead atoms. The zero-order valence-electron chi connectivity index (χ0n) is 27.0. The number of carboxylic acids is 1. The first-order valence-corrected chi connectivity index (χ1v) is 15.8. The Morgan fingerprint density at radius 2 is 1.84 bits per heavy atom. The number of hydrogen-bond donors (Lipinski definition) is 1. The molecule has 4 heterocycles. The molecular weight excluding hydrogens is 662 g/mol. The second kappa shape index (κ2) is 13.2. The molecule has 14 heteroatoms. The first-order valence-electron chi connectivity index (χ1n) is 15.8. The number of alkyl halides is 3. The molecule has 1 fully saturated rings. The van der Waals surface area contributed by atoms with Crippen LogP contribution in [0.25, 0.3) is 22.3 Å². The van der Waals surface area contributed by atoms with Crippen LogP contribution in [0.2, 0.25) is 0 Å².